The molecule has 1 atom stereocenters. The lowest BCUT2D eigenvalue weighted by Crippen LogP contribution is -2.42. The van der Waals surface area contributed by atoms with Gasteiger partial charge in [0, 0.05) is 30.4 Å². The summed E-state index contributed by atoms with van der Waals surface area (Å²) >= 11 is 0. The second-order valence-electron chi connectivity index (χ2n) is 7.73. The van der Waals surface area contributed by atoms with E-state index in [-0.39, 0.29) is 5.91 Å². The van der Waals surface area contributed by atoms with Gasteiger partial charge in [-0.05, 0) is 38.1 Å². The summed E-state index contributed by atoms with van der Waals surface area (Å²) in [6.07, 6.45) is 5.98. The molecule has 1 aromatic heterocycles. The third kappa shape index (κ3) is 4.35. The minimum absolute atomic E-state index is 0.0511. The van der Waals surface area contributed by atoms with Crippen molar-refractivity contribution in [3.05, 3.63) is 29.6 Å². The molecule has 1 amide bonds. The molecule has 1 aromatic rings. The van der Waals surface area contributed by atoms with E-state index < -0.39 is 0 Å². The van der Waals surface area contributed by atoms with Gasteiger partial charge in [-0.15, -0.1) is 6.58 Å². The maximum Gasteiger partial charge on any atom is 0.274 e. The summed E-state index contributed by atoms with van der Waals surface area (Å²) in [6, 6.07) is 0.430. The van der Waals surface area contributed by atoms with Crippen LogP contribution in [0.4, 0.5) is 0 Å². The zero-order valence-corrected chi connectivity index (χ0v) is 16.2. The van der Waals surface area contributed by atoms with Crippen molar-refractivity contribution in [2.45, 2.75) is 52.1 Å². The quantitative estimate of drug-likeness (QED) is 0.756. The van der Waals surface area contributed by atoms with Crippen molar-refractivity contribution in [1.82, 2.24) is 20.0 Å². The van der Waals surface area contributed by atoms with Crippen LogP contribution in [0.5, 0.6) is 0 Å². The fourth-order valence-electron chi connectivity index (χ4n) is 3.80. The van der Waals surface area contributed by atoms with Crippen LogP contribution in [-0.2, 0) is 24.1 Å². The Morgan fingerprint density at radius 2 is 2.19 bits per heavy atom. The molecular weight excluding hydrogens is 328 g/mol. The molecule has 6 nitrogen and oxygen atoms in total. The van der Waals surface area contributed by atoms with E-state index in [1.807, 2.05) is 15.7 Å². The minimum Gasteiger partial charge on any atom is -0.378 e. The van der Waals surface area contributed by atoms with Gasteiger partial charge in [0.1, 0.15) is 0 Å². The largest absolute Gasteiger partial charge is 0.378 e. The average molecular weight is 361 g/mol. The maximum atomic E-state index is 13.0. The number of allylic oxidation sites excluding steroid dienone is 1. The van der Waals surface area contributed by atoms with Crippen molar-refractivity contribution >= 4 is 5.91 Å². The summed E-state index contributed by atoms with van der Waals surface area (Å²) in [4.78, 5) is 14.9. The molecule has 0 saturated carbocycles. The van der Waals surface area contributed by atoms with Crippen LogP contribution in [0, 0.1) is 5.92 Å². The predicted molar refractivity (Wildman–Crippen MR) is 102 cm³/mol. The summed E-state index contributed by atoms with van der Waals surface area (Å²) < 4.78 is 7.35. The third-order valence-corrected chi connectivity index (χ3v) is 5.30. The Morgan fingerprint density at radius 3 is 2.88 bits per heavy atom. The van der Waals surface area contributed by atoms with Crippen molar-refractivity contribution in [3.8, 4) is 0 Å². The molecule has 0 unspecified atom stereocenters. The van der Waals surface area contributed by atoms with Gasteiger partial charge in [-0.3, -0.25) is 9.48 Å². The van der Waals surface area contributed by atoms with Crippen LogP contribution in [-0.4, -0.2) is 59.5 Å². The molecule has 1 aliphatic carbocycles. The highest BCUT2D eigenvalue weighted by atomic mass is 16.5. The van der Waals surface area contributed by atoms with Gasteiger partial charge in [0.05, 0.1) is 19.8 Å². The van der Waals surface area contributed by atoms with E-state index in [0.717, 1.165) is 31.4 Å². The van der Waals surface area contributed by atoms with Crippen molar-refractivity contribution in [2.24, 2.45) is 5.92 Å². The minimum atomic E-state index is 0.0511. The lowest BCUT2D eigenvalue weighted by molar-refractivity contribution is 0.0297. The number of morpholine rings is 1. The molecule has 2 heterocycles. The van der Waals surface area contributed by atoms with Gasteiger partial charge in [-0.1, -0.05) is 19.9 Å². The summed E-state index contributed by atoms with van der Waals surface area (Å²) in [5.41, 5.74) is 2.99. The van der Waals surface area contributed by atoms with Crippen molar-refractivity contribution in [2.75, 3.05) is 32.8 Å². The number of aromatic nitrogens is 2. The second kappa shape index (κ2) is 8.82. The van der Waals surface area contributed by atoms with Crippen LogP contribution >= 0.6 is 0 Å². The molecule has 1 saturated heterocycles. The number of amides is 1. The molecule has 0 radical (unpaired) electrons. The average Bonchev–Trinajstić information content (AvgIpc) is 3.00. The predicted octanol–water partition coefficient (Wildman–Crippen LogP) is 2.03. The summed E-state index contributed by atoms with van der Waals surface area (Å²) in [6.45, 7) is 12.5. The number of nitrogens with one attached hydrogen (secondary N) is 1. The monoisotopic (exact) mass is 360 g/mol. The zero-order valence-electron chi connectivity index (χ0n) is 16.2. The first-order valence-electron chi connectivity index (χ1n) is 9.90. The Morgan fingerprint density at radius 1 is 1.42 bits per heavy atom. The molecular formula is C20H32N4O2. The van der Waals surface area contributed by atoms with Crippen LogP contribution in [0.25, 0.3) is 0 Å². The Hall–Kier alpha value is -1.66. The van der Waals surface area contributed by atoms with Crippen molar-refractivity contribution < 1.29 is 9.53 Å². The highest BCUT2D eigenvalue weighted by Gasteiger charge is 2.31. The van der Waals surface area contributed by atoms with Crippen LogP contribution < -0.4 is 5.32 Å². The highest BCUT2D eigenvalue weighted by Crippen LogP contribution is 2.26. The highest BCUT2D eigenvalue weighted by molar-refractivity contribution is 5.94. The summed E-state index contributed by atoms with van der Waals surface area (Å²) in [5.74, 6) is 0.755. The summed E-state index contributed by atoms with van der Waals surface area (Å²) in [5, 5.41) is 8.36. The number of rotatable bonds is 7. The molecule has 0 spiro atoms. The first-order chi connectivity index (χ1) is 12.6. The molecule has 1 N–H and O–H groups in total. The van der Waals surface area contributed by atoms with E-state index in [0.29, 0.717) is 50.5 Å². The van der Waals surface area contributed by atoms with Gasteiger partial charge in [-0.25, -0.2) is 0 Å². The van der Waals surface area contributed by atoms with Gasteiger partial charge in [0.25, 0.3) is 5.91 Å². The van der Waals surface area contributed by atoms with E-state index in [1.54, 1.807) is 0 Å². The number of carbonyl (C=O) groups excluding carboxylic acids is 1. The Balaban J connectivity index is 1.77. The second-order valence-corrected chi connectivity index (χ2v) is 7.73. The molecule has 2 aliphatic rings. The number of hydrogen-bond donors (Lipinski definition) is 1. The van der Waals surface area contributed by atoms with Gasteiger partial charge in [0.15, 0.2) is 5.69 Å². The number of nitrogens with zero attached hydrogens (tertiary/aromatic N) is 3. The molecule has 3 rings (SSSR count). The standard InChI is InChI=1S/C20H32N4O2/c1-4-9-24-18-6-5-16(21-8-7-15(2)3)14-17(18)19(22-24)20(25)23-10-12-26-13-11-23/h4,15-16,21H,1,5-14H2,2-3H3/t16-/m0/s1. The first-order valence-corrected chi connectivity index (χ1v) is 9.90. The van der Waals surface area contributed by atoms with Gasteiger partial charge in [-0.2, -0.15) is 5.10 Å². The van der Waals surface area contributed by atoms with Crippen molar-refractivity contribution in [1.29, 1.82) is 0 Å². The molecule has 1 fully saturated rings. The van der Waals surface area contributed by atoms with Crippen LogP contribution in [0.3, 0.4) is 0 Å². The zero-order chi connectivity index (χ0) is 18.5. The molecule has 1 aliphatic heterocycles. The van der Waals surface area contributed by atoms with Crippen molar-refractivity contribution in [3.63, 3.8) is 0 Å². The van der Waals surface area contributed by atoms with E-state index in [1.165, 1.54) is 12.1 Å². The lowest BCUT2D eigenvalue weighted by atomic mass is 9.90. The number of ether oxygens (including phenoxy) is 1. The molecule has 0 aromatic carbocycles. The Labute approximate surface area is 156 Å². The lowest BCUT2D eigenvalue weighted by Gasteiger charge is -2.28. The molecule has 144 valence electrons. The Bertz CT molecular complexity index is 632. The summed E-state index contributed by atoms with van der Waals surface area (Å²) in [7, 11) is 0. The normalized spacial score (nSPS) is 20.3. The fraction of sp³-hybridized carbons (Fsp3) is 0.700. The van der Waals surface area contributed by atoms with Crippen LogP contribution in [0.1, 0.15) is 48.4 Å². The SMILES string of the molecule is C=CCn1nc(C(=O)N2CCOCC2)c2c1CC[C@H](NCCC(C)C)C2. The molecule has 0 bridgehead atoms. The van der Waals surface area contributed by atoms with Crippen LogP contribution in [0.15, 0.2) is 12.7 Å². The van der Waals surface area contributed by atoms with E-state index in [9.17, 15) is 4.79 Å². The third-order valence-electron chi connectivity index (χ3n) is 5.30. The molecule has 6 heteroatoms. The van der Waals surface area contributed by atoms with E-state index in [2.05, 4.69) is 30.8 Å². The molecule has 26 heavy (non-hydrogen) atoms. The topological polar surface area (TPSA) is 59.4 Å². The number of fused-ring (bicyclic) bond motifs is 1. The van der Waals surface area contributed by atoms with Gasteiger partial charge >= 0.3 is 0 Å². The fourth-order valence-corrected chi connectivity index (χ4v) is 3.80. The number of hydrogen-bond acceptors (Lipinski definition) is 4. The Kier molecular flexibility index (Phi) is 6.48. The maximum absolute atomic E-state index is 13.0. The van der Waals surface area contributed by atoms with Gasteiger partial charge in [0.2, 0.25) is 0 Å². The van der Waals surface area contributed by atoms with E-state index in [4.69, 9.17) is 4.74 Å². The number of carbonyl (C=O) groups is 1. The van der Waals surface area contributed by atoms with Crippen LogP contribution in [0.2, 0.25) is 0 Å². The smallest absolute Gasteiger partial charge is 0.274 e. The first kappa shape index (κ1) is 19.1. The van der Waals surface area contributed by atoms with Gasteiger partial charge < -0.3 is 15.0 Å². The van der Waals surface area contributed by atoms with E-state index >= 15 is 0 Å².